The first-order valence-electron chi connectivity index (χ1n) is 8.31. The summed E-state index contributed by atoms with van der Waals surface area (Å²) < 4.78 is 1.39. The van der Waals surface area contributed by atoms with Crippen molar-refractivity contribution in [3.05, 3.63) is 41.7 Å². The molecule has 9 heteroatoms. The summed E-state index contributed by atoms with van der Waals surface area (Å²) in [5.74, 6) is -0.782. The number of amides is 4. The molecule has 136 valence electrons. The van der Waals surface area contributed by atoms with Gasteiger partial charge in [-0.2, -0.15) is 5.10 Å². The lowest BCUT2D eigenvalue weighted by atomic mass is 10.1. The lowest BCUT2D eigenvalue weighted by Crippen LogP contribution is -2.35. The zero-order valence-corrected chi connectivity index (χ0v) is 14.1. The molecule has 1 aromatic heterocycles. The van der Waals surface area contributed by atoms with Gasteiger partial charge < -0.3 is 21.7 Å². The third kappa shape index (κ3) is 3.66. The minimum absolute atomic E-state index is 0.00521. The third-order valence-corrected chi connectivity index (χ3v) is 4.23. The average molecular weight is 356 g/mol. The van der Waals surface area contributed by atoms with Crippen LogP contribution in [0.15, 0.2) is 30.5 Å². The summed E-state index contributed by atoms with van der Waals surface area (Å²) in [5, 5.41) is 6.39. The number of carbonyl (C=O) groups excluding carboxylic acids is 3. The number of nitrogens with zero attached hydrogens (tertiary/aromatic N) is 3. The Kier molecular flexibility index (Phi) is 4.87. The van der Waals surface area contributed by atoms with E-state index in [0.29, 0.717) is 11.3 Å². The van der Waals surface area contributed by atoms with E-state index >= 15 is 0 Å². The number of primary amides is 2. The molecule has 0 saturated carbocycles. The summed E-state index contributed by atoms with van der Waals surface area (Å²) in [7, 11) is 0. The molecule has 1 fully saturated rings. The van der Waals surface area contributed by atoms with E-state index in [1.165, 1.54) is 10.9 Å². The average Bonchev–Trinajstić information content (AvgIpc) is 3.05. The van der Waals surface area contributed by atoms with Gasteiger partial charge in [-0.25, -0.2) is 9.48 Å². The number of benzene rings is 1. The van der Waals surface area contributed by atoms with Gasteiger partial charge in [0.15, 0.2) is 5.69 Å². The van der Waals surface area contributed by atoms with Gasteiger partial charge in [-0.15, -0.1) is 0 Å². The number of nitrogens with two attached hydrogens (primary N) is 2. The van der Waals surface area contributed by atoms with Gasteiger partial charge in [-0.05, 0) is 43.5 Å². The van der Waals surface area contributed by atoms with E-state index in [4.69, 9.17) is 11.5 Å². The Hall–Kier alpha value is -3.36. The van der Waals surface area contributed by atoms with Gasteiger partial charge >= 0.3 is 6.03 Å². The van der Waals surface area contributed by atoms with E-state index in [0.717, 1.165) is 32.4 Å². The van der Waals surface area contributed by atoms with Crippen LogP contribution in [0.2, 0.25) is 0 Å². The zero-order chi connectivity index (χ0) is 18.7. The van der Waals surface area contributed by atoms with Crippen molar-refractivity contribution in [2.45, 2.75) is 19.3 Å². The van der Waals surface area contributed by atoms with Gasteiger partial charge in [0.2, 0.25) is 0 Å². The van der Waals surface area contributed by atoms with Crippen molar-refractivity contribution in [2.24, 2.45) is 11.5 Å². The molecule has 26 heavy (non-hydrogen) atoms. The summed E-state index contributed by atoms with van der Waals surface area (Å²) in [5.41, 5.74) is 11.6. The molecule has 0 radical (unpaired) electrons. The first-order valence-corrected chi connectivity index (χ1v) is 8.31. The number of nitrogens with one attached hydrogen (secondary N) is 1. The van der Waals surface area contributed by atoms with Crippen LogP contribution >= 0.6 is 0 Å². The topological polar surface area (TPSA) is 136 Å². The van der Waals surface area contributed by atoms with Crippen molar-refractivity contribution >= 4 is 23.5 Å². The minimum atomic E-state index is -0.825. The number of likely N-dealkylation sites (tertiary alicyclic amines) is 1. The van der Waals surface area contributed by atoms with E-state index in [1.54, 1.807) is 24.3 Å². The number of aromatic nitrogens is 2. The lowest BCUT2D eigenvalue weighted by molar-refractivity contribution is 0.0724. The van der Waals surface area contributed by atoms with Gasteiger partial charge in [-0.1, -0.05) is 0 Å². The van der Waals surface area contributed by atoms with Crippen molar-refractivity contribution < 1.29 is 14.4 Å². The van der Waals surface area contributed by atoms with Crippen LogP contribution < -0.4 is 16.8 Å². The monoisotopic (exact) mass is 356 g/mol. The van der Waals surface area contributed by atoms with Gasteiger partial charge in [0.1, 0.15) is 0 Å². The highest BCUT2D eigenvalue weighted by atomic mass is 16.2. The first-order chi connectivity index (χ1) is 12.5. The number of anilines is 1. The number of rotatable bonds is 4. The maximum atomic E-state index is 12.5. The molecule has 4 amide bonds. The van der Waals surface area contributed by atoms with E-state index < -0.39 is 11.9 Å². The van der Waals surface area contributed by atoms with Crippen LogP contribution in [0.3, 0.4) is 0 Å². The van der Waals surface area contributed by atoms with E-state index in [2.05, 4.69) is 10.4 Å². The molecule has 0 atom stereocenters. The van der Waals surface area contributed by atoms with Crippen molar-refractivity contribution in [2.75, 3.05) is 18.4 Å². The summed E-state index contributed by atoms with van der Waals surface area (Å²) in [6.07, 6.45) is 4.66. The summed E-state index contributed by atoms with van der Waals surface area (Å²) in [6, 6.07) is 6.01. The number of carbonyl (C=O) groups is 3. The normalized spacial score (nSPS) is 14.1. The maximum Gasteiger partial charge on any atom is 0.316 e. The molecule has 3 rings (SSSR count). The molecule has 1 aliphatic heterocycles. The van der Waals surface area contributed by atoms with Crippen LogP contribution in [-0.4, -0.2) is 45.6 Å². The summed E-state index contributed by atoms with van der Waals surface area (Å²) in [4.78, 5) is 36.9. The largest absolute Gasteiger partial charge is 0.364 e. The molecule has 2 aromatic rings. The van der Waals surface area contributed by atoms with Crippen molar-refractivity contribution in [1.82, 2.24) is 14.7 Å². The Labute approximate surface area is 149 Å². The minimum Gasteiger partial charge on any atom is -0.364 e. The molecular formula is C17H20N6O3. The van der Waals surface area contributed by atoms with Crippen LogP contribution in [0.1, 0.15) is 40.1 Å². The van der Waals surface area contributed by atoms with Gasteiger partial charge in [-0.3, -0.25) is 9.59 Å². The molecule has 0 bridgehead atoms. The van der Waals surface area contributed by atoms with E-state index in [1.807, 2.05) is 4.90 Å². The Bertz CT molecular complexity index is 837. The Morgan fingerprint density at radius 3 is 2.23 bits per heavy atom. The Morgan fingerprint density at radius 2 is 1.65 bits per heavy atom. The number of hydrogen-bond donors (Lipinski definition) is 3. The Morgan fingerprint density at radius 1 is 1.00 bits per heavy atom. The second kappa shape index (κ2) is 7.26. The second-order valence-electron chi connectivity index (χ2n) is 6.09. The molecule has 2 heterocycles. The smallest absolute Gasteiger partial charge is 0.316 e. The fraction of sp³-hybridized carbons (Fsp3) is 0.294. The van der Waals surface area contributed by atoms with Gasteiger partial charge in [0.05, 0.1) is 17.6 Å². The fourth-order valence-electron chi connectivity index (χ4n) is 2.95. The maximum absolute atomic E-state index is 12.5. The Balaban J connectivity index is 1.83. The van der Waals surface area contributed by atoms with Gasteiger partial charge in [0.25, 0.3) is 11.8 Å². The third-order valence-electron chi connectivity index (χ3n) is 4.23. The standard InChI is InChI=1S/C17H20N6O3/c18-15(24)14-13(20-17(19)26)10-23(21-14)12-6-4-11(5-7-12)16(25)22-8-2-1-3-9-22/h4-7,10H,1-3,8-9H2,(H2,18,24)(H3,19,20,26). The first kappa shape index (κ1) is 17.5. The molecule has 0 unspecified atom stereocenters. The molecule has 5 N–H and O–H groups in total. The van der Waals surface area contributed by atoms with Crippen molar-refractivity contribution in [1.29, 1.82) is 0 Å². The summed E-state index contributed by atoms with van der Waals surface area (Å²) in [6.45, 7) is 1.56. The van der Waals surface area contributed by atoms with Crippen LogP contribution in [0.25, 0.3) is 5.69 Å². The SMILES string of the molecule is NC(=O)Nc1cn(-c2ccc(C(=O)N3CCCCC3)cc2)nc1C(N)=O. The molecular weight excluding hydrogens is 336 g/mol. The highest BCUT2D eigenvalue weighted by molar-refractivity contribution is 6.00. The van der Waals surface area contributed by atoms with Crippen molar-refractivity contribution in [3.63, 3.8) is 0 Å². The van der Waals surface area contributed by atoms with Gasteiger partial charge in [0, 0.05) is 18.7 Å². The molecule has 0 aliphatic carbocycles. The molecule has 1 saturated heterocycles. The number of hydrogen-bond acceptors (Lipinski definition) is 4. The fourth-order valence-corrected chi connectivity index (χ4v) is 2.95. The predicted octanol–water partition coefficient (Wildman–Crippen LogP) is 1.09. The number of urea groups is 1. The number of piperidine rings is 1. The highest BCUT2D eigenvalue weighted by Gasteiger charge is 2.19. The molecule has 0 spiro atoms. The van der Waals surface area contributed by atoms with E-state index in [-0.39, 0.29) is 17.3 Å². The molecule has 9 nitrogen and oxygen atoms in total. The van der Waals surface area contributed by atoms with Crippen LogP contribution in [0, 0.1) is 0 Å². The highest BCUT2D eigenvalue weighted by Crippen LogP contribution is 2.19. The zero-order valence-electron chi connectivity index (χ0n) is 14.1. The van der Waals surface area contributed by atoms with Crippen LogP contribution in [0.4, 0.5) is 10.5 Å². The molecule has 1 aromatic carbocycles. The van der Waals surface area contributed by atoms with E-state index in [9.17, 15) is 14.4 Å². The predicted molar refractivity (Wildman–Crippen MR) is 95.0 cm³/mol. The van der Waals surface area contributed by atoms with Crippen molar-refractivity contribution in [3.8, 4) is 5.69 Å². The molecule has 1 aliphatic rings. The lowest BCUT2D eigenvalue weighted by Gasteiger charge is -2.26. The van der Waals surface area contributed by atoms with Crippen LogP contribution in [-0.2, 0) is 0 Å². The second-order valence-corrected chi connectivity index (χ2v) is 6.09. The van der Waals surface area contributed by atoms with Crippen LogP contribution in [0.5, 0.6) is 0 Å². The quantitative estimate of drug-likeness (QED) is 0.755. The summed E-state index contributed by atoms with van der Waals surface area (Å²) >= 11 is 0.